The van der Waals surface area contributed by atoms with E-state index < -0.39 is 4.92 Å². The Balaban J connectivity index is 3.02. The van der Waals surface area contributed by atoms with Crippen molar-refractivity contribution in [1.29, 1.82) is 0 Å². The van der Waals surface area contributed by atoms with Crippen LogP contribution in [-0.4, -0.2) is 16.0 Å². The lowest BCUT2D eigenvalue weighted by atomic mass is 10.3. The maximum Gasteiger partial charge on any atom is 0.331 e. The second-order valence-corrected chi connectivity index (χ2v) is 3.15. The van der Waals surface area contributed by atoms with Crippen molar-refractivity contribution in [3.05, 3.63) is 22.2 Å². The largest absolute Gasteiger partial charge is 0.470 e. The van der Waals surface area contributed by atoms with Gasteiger partial charge in [-0.15, -0.1) is 0 Å². The highest BCUT2D eigenvalue weighted by molar-refractivity contribution is 5.46. The minimum atomic E-state index is -0.538. The van der Waals surface area contributed by atoms with Gasteiger partial charge in [0.2, 0.25) is 0 Å². The first-order valence-corrected chi connectivity index (χ1v) is 4.62. The second-order valence-electron chi connectivity index (χ2n) is 3.15. The Bertz CT molecular complexity index is 368. The average molecular weight is 211 g/mol. The smallest absolute Gasteiger partial charge is 0.331 e. The maximum atomic E-state index is 10.6. The molecule has 1 aromatic rings. The first kappa shape index (κ1) is 11.2. The molecule has 0 amide bonds. The van der Waals surface area contributed by atoms with Gasteiger partial charge in [0.05, 0.1) is 11.0 Å². The number of nitro groups is 1. The van der Waals surface area contributed by atoms with E-state index in [1.165, 1.54) is 12.1 Å². The summed E-state index contributed by atoms with van der Waals surface area (Å²) in [5.41, 5.74) is 5.27. The van der Waals surface area contributed by atoms with Crippen molar-refractivity contribution in [3.63, 3.8) is 0 Å². The molecule has 0 aromatic carbocycles. The SMILES string of the molecule is CCC(C)Oc1nc(N)ccc1[N+](=O)[O-]. The average Bonchev–Trinajstić information content (AvgIpc) is 2.17. The molecule has 0 saturated carbocycles. The molecule has 6 heteroatoms. The normalized spacial score (nSPS) is 12.1. The summed E-state index contributed by atoms with van der Waals surface area (Å²) in [5, 5.41) is 10.6. The Kier molecular flexibility index (Phi) is 3.43. The van der Waals surface area contributed by atoms with E-state index >= 15 is 0 Å². The summed E-state index contributed by atoms with van der Waals surface area (Å²) in [6.07, 6.45) is 0.617. The number of nitrogens with zero attached hydrogens (tertiary/aromatic N) is 2. The highest BCUT2D eigenvalue weighted by Crippen LogP contribution is 2.26. The molecule has 6 nitrogen and oxygen atoms in total. The zero-order chi connectivity index (χ0) is 11.4. The zero-order valence-corrected chi connectivity index (χ0v) is 8.64. The third-order valence-corrected chi connectivity index (χ3v) is 1.95. The lowest BCUT2D eigenvalue weighted by Gasteiger charge is -2.11. The summed E-state index contributed by atoms with van der Waals surface area (Å²) in [6, 6.07) is 2.67. The molecule has 1 heterocycles. The second kappa shape index (κ2) is 4.59. The minimum Gasteiger partial charge on any atom is -0.470 e. The van der Waals surface area contributed by atoms with Crippen molar-refractivity contribution < 1.29 is 9.66 Å². The lowest BCUT2D eigenvalue weighted by Crippen LogP contribution is -2.12. The van der Waals surface area contributed by atoms with Crippen LogP contribution in [0.25, 0.3) is 0 Å². The van der Waals surface area contributed by atoms with Gasteiger partial charge in [0, 0.05) is 6.07 Å². The van der Waals surface area contributed by atoms with Crippen LogP contribution >= 0.6 is 0 Å². The number of nitrogen functional groups attached to an aromatic ring is 1. The third kappa shape index (κ3) is 2.80. The fraction of sp³-hybridized carbons (Fsp3) is 0.444. The van der Waals surface area contributed by atoms with Crippen LogP contribution in [0.5, 0.6) is 5.88 Å². The molecule has 1 unspecified atom stereocenters. The topological polar surface area (TPSA) is 91.3 Å². The number of hydrogen-bond acceptors (Lipinski definition) is 5. The Labute approximate surface area is 87.2 Å². The van der Waals surface area contributed by atoms with Crippen LogP contribution in [0.4, 0.5) is 11.5 Å². The quantitative estimate of drug-likeness (QED) is 0.605. The number of hydrogen-bond donors (Lipinski definition) is 1. The summed E-state index contributed by atoms with van der Waals surface area (Å²) < 4.78 is 5.30. The van der Waals surface area contributed by atoms with Crippen LogP contribution < -0.4 is 10.5 Å². The van der Waals surface area contributed by atoms with Crippen LogP contribution in [0.3, 0.4) is 0 Å². The van der Waals surface area contributed by atoms with Gasteiger partial charge in [0.25, 0.3) is 5.88 Å². The van der Waals surface area contributed by atoms with Crippen molar-refractivity contribution in [1.82, 2.24) is 4.98 Å². The van der Waals surface area contributed by atoms with Gasteiger partial charge in [-0.1, -0.05) is 6.92 Å². The molecule has 1 atom stereocenters. The molecule has 0 saturated heterocycles. The fourth-order valence-corrected chi connectivity index (χ4v) is 0.947. The van der Waals surface area contributed by atoms with Gasteiger partial charge in [-0.3, -0.25) is 10.1 Å². The van der Waals surface area contributed by atoms with E-state index in [9.17, 15) is 10.1 Å². The Morgan fingerprint density at radius 2 is 2.33 bits per heavy atom. The van der Waals surface area contributed by atoms with E-state index in [1.54, 1.807) is 0 Å². The number of pyridine rings is 1. The van der Waals surface area contributed by atoms with Gasteiger partial charge >= 0.3 is 5.69 Å². The van der Waals surface area contributed by atoms with Gasteiger partial charge in [0.1, 0.15) is 5.82 Å². The molecule has 2 N–H and O–H groups in total. The Hall–Kier alpha value is -1.85. The van der Waals surface area contributed by atoms with Crippen molar-refractivity contribution in [2.45, 2.75) is 26.4 Å². The molecule has 0 bridgehead atoms. The molecular formula is C9H13N3O3. The van der Waals surface area contributed by atoms with Crippen molar-refractivity contribution in [3.8, 4) is 5.88 Å². The van der Waals surface area contributed by atoms with Gasteiger partial charge in [-0.2, -0.15) is 4.98 Å². The van der Waals surface area contributed by atoms with Crippen LogP contribution in [0.2, 0.25) is 0 Å². The van der Waals surface area contributed by atoms with E-state index in [1.807, 2.05) is 13.8 Å². The van der Waals surface area contributed by atoms with Gasteiger partial charge in [0.15, 0.2) is 0 Å². The molecule has 0 aliphatic rings. The van der Waals surface area contributed by atoms with Crippen molar-refractivity contribution in [2.24, 2.45) is 0 Å². The number of ether oxygens (including phenoxy) is 1. The van der Waals surface area contributed by atoms with E-state index in [2.05, 4.69) is 4.98 Å². The number of aromatic nitrogens is 1. The molecular weight excluding hydrogens is 198 g/mol. The Morgan fingerprint density at radius 3 is 2.87 bits per heavy atom. The molecule has 15 heavy (non-hydrogen) atoms. The van der Waals surface area contributed by atoms with Crippen LogP contribution in [0, 0.1) is 10.1 Å². The molecule has 0 radical (unpaired) electrons. The van der Waals surface area contributed by atoms with E-state index in [-0.39, 0.29) is 23.5 Å². The van der Waals surface area contributed by atoms with Crippen molar-refractivity contribution in [2.75, 3.05) is 5.73 Å². The van der Waals surface area contributed by atoms with E-state index in [4.69, 9.17) is 10.5 Å². The van der Waals surface area contributed by atoms with E-state index in [0.717, 1.165) is 6.42 Å². The van der Waals surface area contributed by atoms with Crippen LogP contribution in [0.1, 0.15) is 20.3 Å². The molecule has 0 spiro atoms. The molecule has 0 aliphatic heterocycles. The Morgan fingerprint density at radius 1 is 1.67 bits per heavy atom. The highest BCUT2D eigenvalue weighted by atomic mass is 16.6. The molecule has 82 valence electrons. The summed E-state index contributed by atoms with van der Waals surface area (Å²) >= 11 is 0. The standard InChI is InChI=1S/C9H13N3O3/c1-3-6(2)15-9-7(12(13)14)4-5-8(10)11-9/h4-6H,3H2,1-2H3,(H2,10,11). The summed E-state index contributed by atoms with van der Waals surface area (Å²) in [4.78, 5) is 13.9. The fourth-order valence-electron chi connectivity index (χ4n) is 0.947. The number of anilines is 1. The van der Waals surface area contributed by atoms with Gasteiger partial charge in [-0.25, -0.2) is 0 Å². The third-order valence-electron chi connectivity index (χ3n) is 1.95. The number of rotatable bonds is 4. The molecule has 1 aromatic heterocycles. The highest BCUT2D eigenvalue weighted by Gasteiger charge is 2.18. The summed E-state index contributed by atoms with van der Waals surface area (Å²) in [5.74, 6) is 0.188. The zero-order valence-electron chi connectivity index (χ0n) is 8.64. The molecule has 0 fully saturated rings. The maximum absolute atomic E-state index is 10.6. The monoisotopic (exact) mass is 211 g/mol. The van der Waals surface area contributed by atoms with Crippen molar-refractivity contribution >= 4 is 11.5 Å². The lowest BCUT2D eigenvalue weighted by molar-refractivity contribution is -0.386. The van der Waals surface area contributed by atoms with Gasteiger partial charge < -0.3 is 10.5 Å². The summed E-state index contributed by atoms with van der Waals surface area (Å²) in [6.45, 7) is 3.73. The first-order chi connectivity index (χ1) is 7.04. The molecule has 1 rings (SSSR count). The predicted molar refractivity (Wildman–Crippen MR) is 55.7 cm³/mol. The molecule has 0 aliphatic carbocycles. The minimum absolute atomic E-state index is 0.0191. The van der Waals surface area contributed by atoms with Crippen LogP contribution in [0.15, 0.2) is 12.1 Å². The summed E-state index contributed by atoms with van der Waals surface area (Å²) in [7, 11) is 0. The van der Waals surface area contributed by atoms with Gasteiger partial charge in [-0.05, 0) is 19.4 Å². The van der Waals surface area contributed by atoms with Crippen LogP contribution in [-0.2, 0) is 0 Å². The van der Waals surface area contributed by atoms with E-state index in [0.29, 0.717) is 0 Å². The number of nitrogens with two attached hydrogens (primary N) is 1. The first-order valence-electron chi connectivity index (χ1n) is 4.62. The predicted octanol–water partition coefficient (Wildman–Crippen LogP) is 1.75.